The van der Waals surface area contributed by atoms with E-state index in [1.54, 1.807) is 35.7 Å². The minimum absolute atomic E-state index is 0. The van der Waals surface area contributed by atoms with Crippen LogP contribution in [0.5, 0.6) is 0 Å². The minimum atomic E-state index is 0. The molecule has 0 aliphatic heterocycles. The predicted molar refractivity (Wildman–Crippen MR) is 85.1 cm³/mol. The quantitative estimate of drug-likeness (QED) is 0.482. The summed E-state index contributed by atoms with van der Waals surface area (Å²) in [7, 11) is 0. The van der Waals surface area contributed by atoms with Gasteiger partial charge in [-0.2, -0.15) is 5.92 Å². The van der Waals surface area contributed by atoms with Crippen molar-refractivity contribution in [1.82, 2.24) is 0 Å². The molecule has 3 aliphatic carbocycles. The van der Waals surface area contributed by atoms with Crippen LogP contribution in [0.15, 0.2) is 48.1 Å². The Labute approximate surface area is 163 Å². The number of rotatable bonds is 1. The molecular weight excluding hydrogens is 390 g/mol. The summed E-state index contributed by atoms with van der Waals surface area (Å²) in [4.78, 5) is 0. The van der Waals surface area contributed by atoms with E-state index in [4.69, 9.17) is 0 Å². The fourth-order valence-electron chi connectivity index (χ4n) is 3.57. The number of fused-ring (bicyclic) bond motifs is 1. The summed E-state index contributed by atoms with van der Waals surface area (Å²) in [5.41, 5.74) is 1.99. The van der Waals surface area contributed by atoms with Gasteiger partial charge >= 0.3 is 41.3 Å². The van der Waals surface area contributed by atoms with Gasteiger partial charge in [0.1, 0.15) is 0 Å². The van der Waals surface area contributed by atoms with Gasteiger partial charge in [-0.3, -0.25) is 0 Å². The van der Waals surface area contributed by atoms with Crippen LogP contribution in [0.2, 0.25) is 0 Å². The molecule has 0 aromatic rings. The standard InChI is InChI=1S/C16H19.C3H6.2ClH.Zr/c1-16(2)11-13-9-5-6-10-14(13)15(16)12-7-3-4-8-12;1-3-2;;;/h3-8,10,12-13H,9,11H2,1-2H3;1-2H3;2*1H;/q-1;;;;+2/p-2. The molecule has 0 saturated heterocycles. The Balaban J connectivity index is 0.000000665. The summed E-state index contributed by atoms with van der Waals surface area (Å²) in [6, 6.07) is 0. The van der Waals surface area contributed by atoms with Crippen molar-refractivity contribution >= 4 is 3.21 Å². The van der Waals surface area contributed by atoms with Gasteiger partial charge in [-0.25, -0.2) is 11.6 Å². The van der Waals surface area contributed by atoms with E-state index in [1.807, 2.05) is 0 Å². The molecule has 0 heterocycles. The van der Waals surface area contributed by atoms with E-state index in [1.165, 1.54) is 16.0 Å². The van der Waals surface area contributed by atoms with Gasteiger partial charge in [0.15, 0.2) is 0 Å². The molecule has 0 amide bonds. The second-order valence-electron chi connectivity index (χ2n) is 6.78. The third-order valence-corrected chi connectivity index (χ3v) is 4.15. The molecule has 0 aromatic heterocycles. The summed E-state index contributed by atoms with van der Waals surface area (Å²) in [6.07, 6.45) is 18.5. The van der Waals surface area contributed by atoms with E-state index in [0.717, 1.165) is 5.92 Å². The van der Waals surface area contributed by atoms with Gasteiger partial charge in [-0.05, 0) is 18.3 Å². The first-order valence-corrected chi connectivity index (χ1v) is 8.76. The van der Waals surface area contributed by atoms with Crippen LogP contribution < -0.4 is 24.8 Å². The maximum atomic E-state index is 2.40. The average molecular weight is 416 g/mol. The van der Waals surface area contributed by atoms with Gasteiger partial charge in [-0.1, -0.05) is 50.0 Å². The SMILES string of the molecule is CC1(C)CC2CC=CC=C2[C-]1C1C=CC=C1.C[C](C)=[Zr+2].[Cl-].[Cl-]. The number of hydrogen-bond acceptors (Lipinski definition) is 0. The molecule has 3 rings (SSSR count). The molecule has 0 bridgehead atoms. The molecule has 1 fully saturated rings. The molecule has 1 saturated carbocycles. The van der Waals surface area contributed by atoms with Crippen molar-refractivity contribution in [2.24, 2.45) is 17.3 Å². The van der Waals surface area contributed by atoms with Gasteiger partial charge in [0.05, 0.1) is 0 Å². The molecule has 0 N–H and O–H groups in total. The van der Waals surface area contributed by atoms with Crippen molar-refractivity contribution in [2.45, 2.75) is 40.5 Å². The fourth-order valence-corrected chi connectivity index (χ4v) is 3.57. The topological polar surface area (TPSA) is 0 Å². The Morgan fingerprint density at radius 3 is 2.23 bits per heavy atom. The van der Waals surface area contributed by atoms with Crippen molar-refractivity contribution in [3.63, 3.8) is 0 Å². The monoisotopic (exact) mass is 413 g/mol. The van der Waals surface area contributed by atoms with E-state index in [0.29, 0.717) is 11.3 Å². The zero-order valence-electron chi connectivity index (χ0n) is 13.9. The second kappa shape index (κ2) is 9.46. The van der Waals surface area contributed by atoms with E-state index in [9.17, 15) is 0 Å². The van der Waals surface area contributed by atoms with Crippen LogP contribution >= 0.6 is 0 Å². The Hall–Kier alpha value is 0.163. The van der Waals surface area contributed by atoms with Crippen LogP contribution in [-0.4, -0.2) is 3.21 Å². The largest absolute Gasteiger partial charge is 1.00 e. The zero-order chi connectivity index (χ0) is 14.8. The first-order valence-electron chi connectivity index (χ1n) is 7.53. The van der Waals surface area contributed by atoms with Gasteiger partial charge in [-0.15, -0.1) is 12.2 Å². The molecule has 3 heteroatoms. The van der Waals surface area contributed by atoms with Crippen molar-refractivity contribution in [2.75, 3.05) is 0 Å². The molecular formula is C19H25Cl2Zr-. The smallest absolute Gasteiger partial charge is 1.00 e. The van der Waals surface area contributed by atoms with Crippen LogP contribution in [0, 0.1) is 23.2 Å². The van der Waals surface area contributed by atoms with Crippen molar-refractivity contribution in [3.05, 3.63) is 54.0 Å². The summed E-state index contributed by atoms with van der Waals surface area (Å²) < 4.78 is 1.51. The molecule has 0 radical (unpaired) electrons. The molecule has 1 atom stereocenters. The molecule has 120 valence electrons. The molecule has 3 aliphatic rings. The van der Waals surface area contributed by atoms with Crippen LogP contribution in [0.25, 0.3) is 0 Å². The Bertz CT molecular complexity index is 482. The molecule has 0 spiro atoms. The molecule has 0 nitrogen and oxygen atoms in total. The van der Waals surface area contributed by atoms with Crippen LogP contribution in [0.1, 0.15) is 40.5 Å². The number of hydrogen-bond donors (Lipinski definition) is 0. The molecule has 1 unspecified atom stereocenters. The normalized spacial score (nSPS) is 23.8. The maximum absolute atomic E-state index is 2.40. The minimum Gasteiger partial charge on any atom is -1.00 e. The van der Waals surface area contributed by atoms with E-state index in [-0.39, 0.29) is 24.8 Å². The van der Waals surface area contributed by atoms with Crippen molar-refractivity contribution in [1.29, 1.82) is 0 Å². The second-order valence-corrected chi connectivity index (χ2v) is 9.24. The van der Waals surface area contributed by atoms with Gasteiger partial charge in [0.2, 0.25) is 0 Å². The van der Waals surface area contributed by atoms with Crippen LogP contribution in [0.3, 0.4) is 0 Å². The Morgan fingerprint density at radius 2 is 1.68 bits per heavy atom. The number of allylic oxidation sites excluding steroid dienone is 8. The van der Waals surface area contributed by atoms with E-state index in [2.05, 4.69) is 70.2 Å². The van der Waals surface area contributed by atoms with Gasteiger partial charge in [0.25, 0.3) is 0 Å². The van der Waals surface area contributed by atoms with Crippen LogP contribution in [0.4, 0.5) is 0 Å². The number of halogens is 2. The molecule has 22 heavy (non-hydrogen) atoms. The van der Waals surface area contributed by atoms with Gasteiger partial charge in [0, 0.05) is 0 Å². The Kier molecular flexibility index (Phi) is 9.53. The maximum Gasteiger partial charge on any atom is -1.00 e. The van der Waals surface area contributed by atoms with Crippen LogP contribution in [-0.2, 0) is 24.2 Å². The summed E-state index contributed by atoms with van der Waals surface area (Å²) >= 11 is 1.55. The summed E-state index contributed by atoms with van der Waals surface area (Å²) in [5.74, 6) is 2.99. The molecule has 0 aromatic carbocycles. The summed E-state index contributed by atoms with van der Waals surface area (Å²) in [5, 5.41) is 0. The predicted octanol–water partition coefficient (Wildman–Crippen LogP) is -1.01. The fraction of sp³-hybridized carbons (Fsp3) is 0.474. The Morgan fingerprint density at radius 1 is 1.14 bits per heavy atom. The van der Waals surface area contributed by atoms with Gasteiger partial charge < -0.3 is 24.8 Å². The first kappa shape index (κ1) is 22.2. The first-order chi connectivity index (χ1) is 9.42. The van der Waals surface area contributed by atoms with Crippen molar-refractivity contribution < 1.29 is 49.0 Å². The third-order valence-electron chi connectivity index (χ3n) is 4.15. The van der Waals surface area contributed by atoms with Crippen molar-refractivity contribution in [3.8, 4) is 0 Å². The van der Waals surface area contributed by atoms with E-state index < -0.39 is 0 Å². The zero-order valence-corrected chi connectivity index (χ0v) is 17.8. The third kappa shape index (κ3) is 5.36. The average Bonchev–Trinajstić information content (AvgIpc) is 2.91. The summed E-state index contributed by atoms with van der Waals surface area (Å²) in [6.45, 7) is 9.06. The van der Waals surface area contributed by atoms with E-state index >= 15 is 0 Å².